The van der Waals surface area contributed by atoms with Crippen molar-refractivity contribution < 1.29 is 4.79 Å². The Morgan fingerprint density at radius 2 is 1.89 bits per heavy atom. The van der Waals surface area contributed by atoms with Crippen LogP contribution in [-0.2, 0) is 17.9 Å². The Bertz CT molecular complexity index is 819. The van der Waals surface area contributed by atoms with Gasteiger partial charge in [-0.25, -0.2) is 9.48 Å². The number of piperidine rings is 1. The monoisotopic (exact) mass is 385 g/mol. The molecule has 1 amide bonds. The summed E-state index contributed by atoms with van der Waals surface area (Å²) in [5.74, 6) is 1.25. The highest BCUT2D eigenvalue weighted by Gasteiger charge is 2.27. The van der Waals surface area contributed by atoms with Gasteiger partial charge in [0.25, 0.3) is 0 Å². The summed E-state index contributed by atoms with van der Waals surface area (Å²) in [6.45, 7) is 8.06. The minimum Gasteiger partial charge on any atom is -0.355 e. The van der Waals surface area contributed by atoms with Crippen LogP contribution in [0.5, 0.6) is 0 Å². The van der Waals surface area contributed by atoms with Gasteiger partial charge < -0.3 is 5.32 Å². The summed E-state index contributed by atoms with van der Waals surface area (Å²) in [5.41, 5.74) is 1.03. The lowest BCUT2D eigenvalue weighted by Gasteiger charge is -2.30. The number of benzene rings is 1. The normalized spacial score (nSPS) is 15.6. The van der Waals surface area contributed by atoms with E-state index in [0.29, 0.717) is 19.6 Å². The first-order valence-corrected chi connectivity index (χ1v) is 10.3. The minimum absolute atomic E-state index is 0.0391. The van der Waals surface area contributed by atoms with E-state index < -0.39 is 0 Å². The van der Waals surface area contributed by atoms with Crippen LogP contribution in [0.2, 0.25) is 0 Å². The number of hydrogen-bond acceptors (Lipinski definition) is 4. The van der Waals surface area contributed by atoms with Crippen LogP contribution in [0.3, 0.4) is 0 Å². The van der Waals surface area contributed by atoms with E-state index in [-0.39, 0.29) is 17.5 Å². The Balaban J connectivity index is 1.65. The molecule has 2 heterocycles. The van der Waals surface area contributed by atoms with Crippen molar-refractivity contribution in [1.82, 2.24) is 24.6 Å². The summed E-state index contributed by atoms with van der Waals surface area (Å²) >= 11 is 0. The van der Waals surface area contributed by atoms with Gasteiger partial charge in [-0.2, -0.15) is 5.10 Å². The molecule has 1 aromatic heterocycles. The maximum absolute atomic E-state index is 12.8. The van der Waals surface area contributed by atoms with E-state index in [9.17, 15) is 9.59 Å². The summed E-state index contributed by atoms with van der Waals surface area (Å²) in [5, 5.41) is 7.63. The van der Waals surface area contributed by atoms with Crippen molar-refractivity contribution in [2.75, 3.05) is 26.2 Å². The van der Waals surface area contributed by atoms with Gasteiger partial charge in [-0.05, 0) is 44.8 Å². The van der Waals surface area contributed by atoms with Gasteiger partial charge in [-0.15, -0.1) is 0 Å². The molecule has 0 bridgehead atoms. The topological polar surface area (TPSA) is 72.2 Å². The first-order valence-electron chi connectivity index (χ1n) is 10.3. The molecule has 28 heavy (non-hydrogen) atoms. The van der Waals surface area contributed by atoms with Crippen LogP contribution < -0.4 is 11.0 Å². The van der Waals surface area contributed by atoms with Gasteiger partial charge in [0.15, 0.2) is 0 Å². The second-order valence-electron chi connectivity index (χ2n) is 7.43. The lowest BCUT2D eigenvalue weighted by atomic mass is 9.96. The fourth-order valence-corrected chi connectivity index (χ4v) is 3.79. The van der Waals surface area contributed by atoms with Crippen molar-refractivity contribution in [3.63, 3.8) is 0 Å². The third kappa shape index (κ3) is 4.90. The summed E-state index contributed by atoms with van der Waals surface area (Å²) in [4.78, 5) is 26.9. The number of carbonyl (C=O) groups is 1. The molecule has 0 atom stereocenters. The molecular formula is C21H31N5O2. The van der Waals surface area contributed by atoms with Crippen LogP contribution in [0.1, 0.15) is 50.4 Å². The van der Waals surface area contributed by atoms with Crippen molar-refractivity contribution in [3.8, 4) is 0 Å². The maximum atomic E-state index is 12.8. The van der Waals surface area contributed by atoms with Crippen molar-refractivity contribution in [2.24, 2.45) is 0 Å². The molecule has 1 N–H and O–H groups in total. The number of carbonyl (C=O) groups excluding carboxylic acids is 1. The average molecular weight is 386 g/mol. The third-order valence-corrected chi connectivity index (χ3v) is 5.33. The summed E-state index contributed by atoms with van der Waals surface area (Å²) in [7, 11) is 0. The minimum atomic E-state index is -0.0391. The molecule has 0 saturated carbocycles. The Kier molecular flexibility index (Phi) is 7.03. The number of likely N-dealkylation sites (tertiary alicyclic amines) is 1. The van der Waals surface area contributed by atoms with Crippen LogP contribution >= 0.6 is 0 Å². The van der Waals surface area contributed by atoms with Gasteiger partial charge in [0.2, 0.25) is 5.91 Å². The first kappa shape index (κ1) is 20.3. The van der Waals surface area contributed by atoms with E-state index in [4.69, 9.17) is 5.10 Å². The van der Waals surface area contributed by atoms with Crippen LogP contribution in [0, 0.1) is 0 Å². The number of aromatic nitrogens is 3. The predicted octanol–water partition coefficient (Wildman–Crippen LogP) is 1.82. The van der Waals surface area contributed by atoms with E-state index in [1.165, 1.54) is 0 Å². The standard InChI is InChI=1S/C21H31N5O2/c1-3-12-22-19(27)16-24-13-10-18(11-14-24)20-23-26(21(28)25(20)4-2)15-17-8-6-5-7-9-17/h5-9,18H,3-4,10-16H2,1-2H3,(H,22,27). The molecule has 1 fully saturated rings. The Labute approximate surface area is 166 Å². The number of hydrogen-bond donors (Lipinski definition) is 1. The summed E-state index contributed by atoms with van der Waals surface area (Å²) in [6.07, 6.45) is 2.79. The van der Waals surface area contributed by atoms with Gasteiger partial charge in [-0.1, -0.05) is 37.3 Å². The smallest absolute Gasteiger partial charge is 0.346 e. The van der Waals surface area contributed by atoms with Crippen LogP contribution in [0.25, 0.3) is 0 Å². The van der Waals surface area contributed by atoms with Crippen molar-refractivity contribution in [3.05, 3.63) is 52.2 Å². The number of rotatable bonds is 8. The molecule has 1 saturated heterocycles. The zero-order chi connectivity index (χ0) is 19.9. The molecule has 3 rings (SSSR count). The van der Waals surface area contributed by atoms with Gasteiger partial charge in [-0.3, -0.25) is 14.3 Å². The Hall–Kier alpha value is -2.41. The maximum Gasteiger partial charge on any atom is 0.346 e. The SMILES string of the molecule is CCCNC(=O)CN1CCC(c2nn(Cc3ccccc3)c(=O)n2CC)CC1. The van der Waals surface area contributed by atoms with Gasteiger partial charge in [0.1, 0.15) is 5.82 Å². The van der Waals surface area contributed by atoms with E-state index in [1.54, 1.807) is 9.25 Å². The molecule has 7 nitrogen and oxygen atoms in total. The first-order chi connectivity index (χ1) is 13.6. The van der Waals surface area contributed by atoms with Crippen molar-refractivity contribution >= 4 is 5.91 Å². The highest BCUT2D eigenvalue weighted by atomic mass is 16.2. The lowest BCUT2D eigenvalue weighted by Crippen LogP contribution is -2.41. The molecule has 1 aromatic carbocycles. The van der Waals surface area contributed by atoms with E-state index in [2.05, 4.69) is 17.1 Å². The van der Waals surface area contributed by atoms with Crippen LogP contribution in [0.4, 0.5) is 0 Å². The van der Waals surface area contributed by atoms with Gasteiger partial charge >= 0.3 is 5.69 Å². The molecule has 0 radical (unpaired) electrons. The Morgan fingerprint density at radius 1 is 1.18 bits per heavy atom. The number of nitrogens with one attached hydrogen (secondary N) is 1. The molecule has 152 valence electrons. The molecule has 1 aliphatic rings. The second-order valence-corrected chi connectivity index (χ2v) is 7.43. The molecule has 2 aromatic rings. The van der Waals surface area contributed by atoms with Crippen LogP contribution in [-0.4, -0.2) is 51.3 Å². The fraction of sp³-hybridized carbons (Fsp3) is 0.571. The highest BCUT2D eigenvalue weighted by molar-refractivity contribution is 5.77. The van der Waals surface area contributed by atoms with Crippen molar-refractivity contribution in [1.29, 1.82) is 0 Å². The Morgan fingerprint density at radius 3 is 2.54 bits per heavy atom. The predicted molar refractivity (Wildman–Crippen MR) is 109 cm³/mol. The van der Waals surface area contributed by atoms with Gasteiger partial charge in [0, 0.05) is 19.0 Å². The molecule has 0 spiro atoms. The third-order valence-electron chi connectivity index (χ3n) is 5.33. The van der Waals surface area contributed by atoms with E-state index in [0.717, 1.165) is 50.3 Å². The molecule has 7 heteroatoms. The number of nitrogens with zero attached hydrogens (tertiary/aromatic N) is 4. The quantitative estimate of drug-likeness (QED) is 0.752. The highest BCUT2D eigenvalue weighted by Crippen LogP contribution is 2.26. The van der Waals surface area contributed by atoms with Gasteiger partial charge in [0.05, 0.1) is 13.1 Å². The van der Waals surface area contributed by atoms with E-state index >= 15 is 0 Å². The van der Waals surface area contributed by atoms with E-state index in [1.807, 2.05) is 37.3 Å². The average Bonchev–Trinajstić information content (AvgIpc) is 3.03. The zero-order valence-electron chi connectivity index (χ0n) is 16.9. The molecular weight excluding hydrogens is 354 g/mol. The second kappa shape index (κ2) is 9.68. The summed E-state index contributed by atoms with van der Waals surface area (Å²) < 4.78 is 3.38. The molecule has 0 aliphatic carbocycles. The van der Waals surface area contributed by atoms with Crippen molar-refractivity contribution in [2.45, 2.75) is 52.1 Å². The largest absolute Gasteiger partial charge is 0.355 e. The van der Waals surface area contributed by atoms with Crippen LogP contribution in [0.15, 0.2) is 35.1 Å². The zero-order valence-corrected chi connectivity index (χ0v) is 16.9. The number of amides is 1. The lowest BCUT2D eigenvalue weighted by molar-refractivity contribution is -0.122. The summed E-state index contributed by atoms with van der Waals surface area (Å²) in [6, 6.07) is 9.95. The fourth-order valence-electron chi connectivity index (χ4n) is 3.79. The molecule has 0 unspecified atom stereocenters. The molecule has 1 aliphatic heterocycles.